The molecule has 1 unspecified atom stereocenters. The zero-order chi connectivity index (χ0) is 20.1. The molecule has 0 radical (unpaired) electrons. The monoisotopic (exact) mass is 391 g/mol. The topological polar surface area (TPSA) is 71.4 Å². The highest BCUT2D eigenvalue weighted by atomic mass is 16.5. The number of aromatic nitrogens is 2. The number of amides is 1. The molecule has 0 spiro atoms. The summed E-state index contributed by atoms with van der Waals surface area (Å²) in [4.78, 5) is 19.5. The number of carbonyl (C=O) groups excluding carboxylic acids is 1. The van der Waals surface area contributed by atoms with Crippen LogP contribution in [0.3, 0.4) is 0 Å². The van der Waals surface area contributed by atoms with Crippen molar-refractivity contribution in [3.63, 3.8) is 0 Å². The van der Waals surface area contributed by atoms with E-state index in [1.807, 2.05) is 72.4 Å². The van der Waals surface area contributed by atoms with Crippen molar-refractivity contribution in [1.82, 2.24) is 19.8 Å². The smallest absolute Gasteiger partial charge is 0.238 e. The third-order valence-electron chi connectivity index (χ3n) is 4.99. The molecule has 29 heavy (non-hydrogen) atoms. The predicted octanol–water partition coefficient (Wildman–Crippen LogP) is 2.80. The van der Waals surface area contributed by atoms with Crippen LogP contribution in [0.4, 0.5) is 5.69 Å². The number of imidazole rings is 1. The molecule has 0 bridgehead atoms. The van der Waals surface area contributed by atoms with Gasteiger partial charge in [-0.15, -0.1) is 0 Å². The molecule has 2 N–H and O–H groups in total. The van der Waals surface area contributed by atoms with Gasteiger partial charge in [-0.25, -0.2) is 4.98 Å². The number of aryl methyl sites for hydroxylation is 1. The van der Waals surface area contributed by atoms with Crippen LogP contribution in [0, 0.1) is 0 Å². The van der Waals surface area contributed by atoms with Gasteiger partial charge in [-0.3, -0.25) is 9.69 Å². The van der Waals surface area contributed by atoms with Crippen LogP contribution in [0.25, 0.3) is 0 Å². The van der Waals surface area contributed by atoms with Gasteiger partial charge in [-0.2, -0.15) is 0 Å². The van der Waals surface area contributed by atoms with E-state index in [-0.39, 0.29) is 11.9 Å². The fourth-order valence-electron chi connectivity index (χ4n) is 3.54. The van der Waals surface area contributed by atoms with Crippen LogP contribution in [-0.4, -0.2) is 46.5 Å². The van der Waals surface area contributed by atoms with E-state index >= 15 is 0 Å². The molecular weight excluding hydrogens is 366 g/mol. The molecule has 7 heteroatoms. The van der Waals surface area contributed by atoms with E-state index in [4.69, 9.17) is 4.74 Å². The summed E-state index contributed by atoms with van der Waals surface area (Å²) in [6.07, 6.45) is 3.72. The number of rotatable bonds is 6. The highest BCUT2D eigenvalue weighted by Gasteiger charge is 2.28. The number of benzene rings is 2. The van der Waals surface area contributed by atoms with Gasteiger partial charge < -0.3 is 19.9 Å². The number of hydrogen-bond donors (Lipinski definition) is 2. The molecule has 0 aliphatic carbocycles. The molecule has 1 atom stereocenters. The van der Waals surface area contributed by atoms with Gasteiger partial charge in [0.1, 0.15) is 11.6 Å². The summed E-state index contributed by atoms with van der Waals surface area (Å²) in [5.41, 5.74) is 0.657. The molecule has 1 aliphatic rings. The molecule has 7 nitrogen and oxygen atoms in total. The van der Waals surface area contributed by atoms with Crippen LogP contribution in [0.1, 0.15) is 11.9 Å². The van der Waals surface area contributed by atoms with Gasteiger partial charge in [0.15, 0.2) is 5.75 Å². The summed E-state index contributed by atoms with van der Waals surface area (Å²) in [5, 5.41) is 6.40. The molecule has 2 heterocycles. The van der Waals surface area contributed by atoms with Crippen molar-refractivity contribution in [2.45, 2.75) is 6.04 Å². The lowest BCUT2D eigenvalue weighted by Crippen LogP contribution is -2.49. The molecule has 3 aromatic rings. The van der Waals surface area contributed by atoms with Gasteiger partial charge in [-0.05, 0) is 24.3 Å². The van der Waals surface area contributed by atoms with E-state index in [1.165, 1.54) is 0 Å². The average Bonchev–Trinajstić information content (AvgIpc) is 3.16. The van der Waals surface area contributed by atoms with Crippen LogP contribution in [0.5, 0.6) is 11.5 Å². The first kappa shape index (κ1) is 19.2. The molecule has 4 rings (SSSR count). The van der Waals surface area contributed by atoms with Crippen molar-refractivity contribution in [3.05, 3.63) is 72.8 Å². The Balaban J connectivity index is 1.45. The number of piperazine rings is 1. The Hall–Kier alpha value is -3.16. The third-order valence-corrected chi connectivity index (χ3v) is 4.99. The van der Waals surface area contributed by atoms with Crippen molar-refractivity contribution < 1.29 is 9.53 Å². The maximum absolute atomic E-state index is 12.8. The van der Waals surface area contributed by atoms with Crippen LogP contribution in [-0.2, 0) is 11.8 Å². The molecule has 1 aliphatic heterocycles. The van der Waals surface area contributed by atoms with Crippen molar-refractivity contribution >= 4 is 11.6 Å². The molecule has 1 aromatic heterocycles. The van der Waals surface area contributed by atoms with Crippen molar-refractivity contribution in [2.24, 2.45) is 7.05 Å². The fourth-order valence-corrected chi connectivity index (χ4v) is 3.54. The number of para-hydroxylation sites is 3. The molecule has 1 fully saturated rings. The van der Waals surface area contributed by atoms with E-state index in [2.05, 4.69) is 20.5 Å². The maximum Gasteiger partial charge on any atom is 0.238 e. The summed E-state index contributed by atoms with van der Waals surface area (Å²) in [6.45, 7) is 2.69. The Morgan fingerprint density at radius 2 is 2.00 bits per heavy atom. The van der Waals surface area contributed by atoms with E-state index < -0.39 is 0 Å². The Morgan fingerprint density at radius 3 is 2.79 bits per heavy atom. The van der Waals surface area contributed by atoms with Crippen molar-refractivity contribution in [3.8, 4) is 11.5 Å². The summed E-state index contributed by atoms with van der Waals surface area (Å²) >= 11 is 0. The first-order valence-electron chi connectivity index (χ1n) is 9.74. The van der Waals surface area contributed by atoms with Gasteiger partial charge in [0.2, 0.25) is 5.91 Å². The number of hydrogen-bond acceptors (Lipinski definition) is 5. The quantitative estimate of drug-likeness (QED) is 0.676. The van der Waals surface area contributed by atoms with Gasteiger partial charge >= 0.3 is 0 Å². The van der Waals surface area contributed by atoms with E-state index in [0.717, 1.165) is 31.2 Å². The summed E-state index contributed by atoms with van der Waals surface area (Å²) in [7, 11) is 1.98. The Morgan fingerprint density at radius 1 is 1.21 bits per heavy atom. The van der Waals surface area contributed by atoms with Crippen LogP contribution >= 0.6 is 0 Å². The van der Waals surface area contributed by atoms with Crippen molar-refractivity contribution in [1.29, 1.82) is 0 Å². The van der Waals surface area contributed by atoms with Crippen LogP contribution < -0.4 is 15.4 Å². The fraction of sp³-hybridized carbons (Fsp3) is 0.273. The second-order valence-electron chi connectivity index (χ2n) is 7.05. The predicted molar refractivity (Wildman–Crippen MR) is 112 cm³/mol. The number of anilines is 1. The second kappa shape index (κ2) is 8.89. The number of ether oxygens (including phenoxy) is 1. The highest BCUT2D eigenvalue weighted by Crippen LogP contribution is 2.29. The zero-order valence-electron chi connectivity index (χ0n) is 16.4. The van der Waals surface area contributed by atoms with E-state index in [1.54, 1.807) is 6.20 Å². The van der Waals surface area contributed by atoms with Gasteiger partial charge in [0, 0.05) is 39.1 Å². The second-order valence-corrected chi connectivity index (χ2v) is 7.05. The number of carbonyl (C=O) groups is 1. The molecule has 0 saturated carbocycles. The Labute approximate surface area is 170 Å². The van der Waals surface area contributed by atoms with E-state index in [9.17, 15) is 4.79 Å². The Kier molecular flexibility index (Phi) is 5.88. The molecule has 1 amide bonds. The minimum absolute atomic E-state index is 0.0605. The minimum atomic E-state index is -0.0739. The molecule has 2 aromatic carbocycles. The largest absolute Gasteiger partial charge is 0.455 e. The van der Waals surface area contributed by atoms with Crippen molar-refractivity contribution in [2.75, 3.05) is 31.5 Å². The van der Waals surface area contributed by atoms with Crippen LogP contribution in [0.2, 0.25) is 0 Å². The SMILES string of the molecule is Cn1ccnc1C1CNCCN1CC(=O)Nc1ccccc1Oc1ccccc1. The summed E-state index contributed by atoms with van der Waals surface area (Å²) in [6, 6.07) is 17.1. The normalized spacial score (nSPS) is 17.1. The average molecular weight is 391 g/mol. The van der Waals surface area contributed by atoms with Gasteiger partial charge in [0.05, 0.1) is 18.3 Å². The molecule has 1 saturated heterocycles. The first-order chi connectivity index (χ1) is 14.2. The van der Waals surface area contributed by atoms with Gasteiger partial charge in [-0.1, -0.05) is 30.3 Å². The maximum atomic E-state index is 12.8. The van der Waals surface area contributed by atoms with E-state index in [0.29, 0.717) is 18.0 Å². The number of nitrogens with one attached hydrogen (secondary N) is 2. The van der Waals surface area contributed by atoms with Gasteiger partial charge in [0.25, 0.3) is 0 Å². The summed E-state index contributed by atoms with van der Waals surface area (Å²) in [5.74, 6) is 2.23. The zero-order valence-corrected chi connectivity index (χ0v) is 16.4. The molecule has 150 valence electrons. The lowest BCUT2D eigenvalue weighted by molar-refractivity contribution is -0.118. The lowest BCUT2D eigenvalue weighted by atomic mass is 10.1. The molecular formula is C22H25N5O2. The van der Waals surface area contributed by atoms with Crippen LogP contribution in [0.15, 0.2) is 67.0 Å². The first-order valence-corrected chi connectivity index (χ1v) is 9.74. The third kappa shape index (κ3) is 4.64. The number of nitrogens with zero attached hydrogens (tertiary/aromatic N) is 3. The minimum Gasteiger partial charge on any atom is -0.455 e. The highest BCUT2D eigenvalue weighted by molar-refractivity contribution is 5.93. The lowest BCUT2D eigenvalue weighted by Gasteiger charge is -2.35. The Bertz CT molecular complexity index is 957. The summed E-state index contributed by atoms with van der Waals surface area (Å²) < 4.78 is 7.95. The standard InChI is InChI=1S/C22H25N5O2/c1-26-13-12-24-22(26)19-15-23-11-14-27(19)16-21(28)25-18-9-5-6-10-20(18)29-17-7-3-2-4-8-17/h2-10,12-13,19,23H,11,14-16H2,1H3,(H,25,28).